The molecule has 0 aliphatic heterocycles. The van der Waals surface area contributed by atoms with Crippen LogP contribution in [0.3, 0.4) is 0 Å². The molecule has 4 N–H and O–H groups in total. The topological polar surface area (TPSA) is 84.6 Å². The first-order valence-corrected chi connectivity index (χ1v) is 4.87. The fourth-order valence-corrected chi connectivity index (χ4v) is 0.876. The summed E-state index contributed by atoms with van der Waals surface area (Å²) in [7, 11) is 0. The van der Waals surface area contributed by atoms with Gasteiger partial charge in [-0.05, 0) is 13.3 Å². The number of amides is 1. The standard InChI is InChI=1S/C9H20N2O3/c1-8(10)2-3-9(13)11-4-6-14-7-5-12/h8,12H,2-7,10H2,1H3,(H,11,13). The molecule has 0 saturated carbocycles. The Morgan fingerprint density at radius 3 is 2.86 bits per heavy atom. The summed E-state index contributed by atoms with van der Waals surface area (Å²) in [6, 6.07) is 0.0615. The summed E-state index contributed by atoms with van der Waals surface area (Å²) in [5.74, 6) is -0.00472. The molecule has 0 fully saturated rings. The van der Waals surface area contributed by atoms with E-state index in [2.05, 4.69) is 5.32 Å². The van der Waals surface area contributed by atoms with E-state index in [0.717, 1.165) is 0 Å². The molecule has 14 heavy (non-hydrogen) atoms. The lowest BCUT2D eigenvalue weighted by Crippen LogP contribution is -2.29. The first kappa shape index (κ1) is 13.4. The van der Waals surface area contributed by atoms with Gasteiger partial charge in [-0.25, -0.2) is 0 Å². The summed E-state index contributed by atoms with van der Waals surface area (Å²) in [5.41, 5.74) is 5.50. The van der Waals surface area contributed by atoms with Crippen molar-refractivity contribution in [1.82, 2.24) is 5.32 Å². The number of nitrogens with two attached hydrogens (primary N) is 1. The molecule has 0 heterocycles. The van der Waals surface area contributed by atoms with Gasteiger partial charge in [0.25, 0.3) is 0 Å². The van der Waals surface area contributed by atoms with Crippen molar-refractivity contribution < 1.29 is 14.6 Å². The third-order valence-corrected chi connectivity index (χ3v) is 1.63. The fourth-order valence-electron chi connectivity index (χ4n) is 0.876. The van der Waals surface area contributed by atoms with E-state index < -0.39 is 0 Å². The van der Waals surface area contributed by atoms with E-state index in [1.807, 2.05) is 6.92 Å². The van der Waals surface area contributed by atoms with Crippen molar-refractivity contribution in [3.63, 3.8) is 0 Å². The predicted molar refractivity (Wildman–Crippen MR) is 53.8 cm³/mol. The predicted octanol–water partition coefficient (Wildman–Crippen LogP) is -0.761. The lowest BCUT2D eigenvalue weighted by molar-refractivity contribution is -0.121. The maximum atomic E-state index is 11.1. The summed E-state index contributed by atoms with van der Waals surface area (Å²) in [5, 5.41) is 11.1. The van der Waals surface area contributed by atoms with Crippen molar-refractivity contribution in [2.24, 2.45) is 5.73 Å². The minimum absolute atomic E-state index is 0.00472. The molecule has 0 aromatic heterocycles. The van der Waals surface area contributed by atoms with Gasteiger partial charge in [0.15, 0.2) is 0 Å². The molecule has 0 spiro atoms. The number of nitrogens with one attached hydrogen (secondary N) is 1. The Balaban J connectivity index is 3.18. The van der Waals surface area contributed by atoms with Crippen LogP contribution in [-0.2, 0) is 9.53 Å². The van der Waals surface area contributed by atoms with Gasteiger partial charge in [0.05, 0.1) is 19.8 Å². The lowest BCUT2D eigenvalue weighted by atomic mass is 10.2. The van der Waals surface area contributed by atoms with Gasteiger partial charge in [-0.1, -0.05) is 0 Å². The monoisotopic (exact) mass is 204 g/mol. The molecule has 0 bridgehead atoms. The van der Waals surface area contributed by atoms with E-state index in [4.69, 9.17) is 15.6 Å². The number of rotatable bonds is 8. The summed E-state index contributed by atoms with van der Waals surface area (Å²) < 4.78 is 4.97. The molecule has 0 rings (SSSR count). The average molecular weight is 204 g/mol. The van der Waals surface area contributed by atoms with Crippen LogP contribution in [0.5, 0.6) is 0 Å². The van der Waals surface area contributed by atoms with Crippen LogP contribution in [0.2, 0.25) is 0 Å². The van der Waals surface area contributed by atoms with Gasteiger partial charge in [0.2, 0.25) is 5.91 Å². The molecule has 1 atom stereocenters. The Kier molecular flexibility index (Phi) is 8.51. The molecule has 0 aromatic rings. The van der Waals surface area contributed by atoms with Crippen LogP contribution in [0.25, 0.3) is 0 Å². The smallest absolute Gasteiger partial charge is 0.220 e. The Morgan fingerprint density at radius 2 is 2.29 bits per heavy atom. The zero-order valence-electron chi connectivity index (χ0n) is 8.66. The number of ether oxygens (including phenoxy) is 1. The zero-order valence-corrected chi connectivity index (χ0v) is 8.66. The molecule has 0 saturated heterocycles. The van der Waals surface area contributed by atoms with E-state index >= 15 is 0 Å². The first-order valence-electron chi connectivity index (χ1n) is 4.87. The van der Waals surface area contributed by atoms with Crippen LogP contribution < -0.4 is 11.1 Å². The second-order valence-corrected chi connectivity index (χ2v) is 3.20. The summed E-state index contributed by atoms with van der Waals surface area (Å²) in [6.07, 6.45) is 1.15. The molecule has 0 aromatic carbocycles. The van der Waals surface area contributed by atoms with E-state index in [0.29, 0.717) is 32.6 Å². The molecular weight excluding hydrogens is 184 g/mol. The van der Waals surface area contributed by atoms with Crippen LogP contribution in [0, 0.1) is 0 Å². The van der Waals surface area contributed by atoms with Crippen molar-refractivity contribution >= 4 is 5.91 Å². The third-order valence-electron chi connectivity index (χ3n) is 1.63. The average Bonchev–Trinajstić information content (AvgIpc) is 2.14. The summed E-state index contributed by atoms with van der Waals surface area (Å²) >= 11 is 0. The van der Waals surface area contributed by atoms with E-state index in [1.165, 1.54) is 0 Å². The van der Waals surface area contributed by atoms with E-state index in [9.17, 15) is 4.79 Å². The lowest BCUT2D eigenvalue weighted by Gasteiger charge is -2.06. The first-order chi connectivity index (χ1) is 6.66. The van der Waals surface area contributed by atoms with Gasteiger partial charge in [0.1, 0.15) is 0 Å². The summed E-state index contributed by atoms with van der Waals surface area (Å²) in [6.45, 7) is 3.12. The second-order valence-electron chi connectivity index (χ2n) is 3.20. The highest BCUT2D eigenvalue weighted by atomic mass is 16.5. The Morgan fingerprint density at radius 1 is 1.57 bits per heavy atom. The maximum Gasteiger partial charge on any atom is 0.220 e. The zero-order chi connectivity index (χ0) is 10.8. The molecular formula is C9H20N2O3. The largest absolute Gasteiger partial charge is 0.394 e. The second kappa shape index (κ2) is 8.93. The molecule has 0 radical (unpaired) electrons. The van der Waals surface area contributed by atoms with Gasteiger partial charge in [0, 0.05) is 19.0 Å². The number of aliphatic hydroxyl groups excluding tert-OH is 1. The molecule has 1 unspecified atom stereocenters. The van der Waals surface area contributed by atoms with E-state index in [-0.39, 0.29) is 18.6 Å². The Labute approximate surface area is 84.6 Å². The summed E-state index contributed by atoms with van der Waals surface area (Å²) in [4.78, 5) is 11.1. The minimum Gasteiger partial charge on any atom is -0.394 e. The molecule has 1 amide bonds. The number of carbonyl (C=O) groups is 1. The Bertz CT molecular complexity index is 151. The van der Waals surface area contributed by atoms with Gasteiger partial charge in [-0.2, -0.15) is 0 Å². The van der Waals surface area contributed by atoms with Gasteiger partial charge < -0.3 is 20.9 Å². The number of aliphatic hydroxyl groups is 1. The SMILES string of the molecule is CC(N)CCC(=O)NCCOCCO. The maximum absolute atomic E-state index is 11.1. The van der Waals surface area contributed by atoms with Crippen molar-refractivity contribution in [3.8, 4) is 0 Å². The van der Waals surface area contributed by atoms with Crippen LogP contribution >= 0.6 is 0 Å². The van der Waals surface area contributed by atoms with Crippen LogP contribution in [0.1, 0.15) is 19.8 Å². The normalized spacial score (nSPS) is 12.5. The van der Waals surface area contributed by atoms with Gasteiger partial charge in [-0.15, -0.1) is 0 Å². The van der Waals surface area contributed by atoms with Crippen molar-refractivity contribution in [2.45, 2.75) is 25.8 Å². The molecule has 84 valence electrons. The van der Waals surface area contributed by atoms with Crippen molar-refractivity contribution in [1.29, 1.82) is 0 Å². The van der Waals surface area contributed by atoms with Crippen LogP contribution in [0.15, 0.2) is 0 Å². The molecule has 0 aliphatic rings. The highest BCUT2D eigenvalue weighted by Gasteiger charge is 2.02. The fraction of sp³-hybridized carbons (Fsp3) is 0.889. The highest BCUT2D eigenvalue weighted by molar-refractivity contribution is 5.75. The van der Waals surface area contributed by atoms with Crippen molar-refractivity contribution in [2.75, 3.05) is 26.4 Å². The van der Waals surface area contributed by atoms with Crippen LogP contribution in [0.4, 0.5) is 0 Å². The number of hydrogen-bond acceptors (Lipinski definition) is 4. The highest BCUT2D eigenvalue weighted by Crippen LogP contribution is 1.92. The molecule has 5 nitrogen and oxygen atoms in total. The third kappa shape index (κ3) is 9.44. The minimum atomic E-state index is -0.00472. The quantitative estimate of drug-likeness (QED) is 0.454. The van der Waals surface area contributed by atoms with Gasteiger partial charge >= 0.3 is 0 Å². The van der Waals surface area contributed by atoms with Gasteiger partial charge in [-0.3, -0.25) is 4.79 Å². The van der Waals surface area contributed by atoms with Crippen LogP contribution in [-0.4, -0.2) is 43.4 Å². The number of hydrogen-bond donors (Lipinski definition) is 3. The molecule has 5 heteroatoms. The number of carbonyl (C=O) groups excluding carboxylic acids is 1. The van der Waals surface area contributed by atoms with Crippen molar-refractivity contribution in [3.05, 3.63) is 0 Å². The molecule has 0 aliphatic carbocycles. The Hall–Kier alpha value is -0.650. The van der Waals surface area contributed by atoms with E-state index in [1.54, 1.807) is 0 Å².